The van der Waals surface area contributed by atoms with Crippen LogP contribution in [0.4, 0.5) is 5.69 Å². The number of likely N-dealkylation sites (N-methyl/N-ethyl adjacent to an activating group) is 2. The molecule has 0 bridgehead atoms. The van der Waals surface area contributed by atoms with E-state index in [1.807, 2.05) is 0 Å². The van der Waals surface area contributed by atoms with E-state index in [-0.39, 0.29) is 0 Å². The summed E-state index contributed by atoms with van der Waals surface area (Å²) in [5, 5.41) is 0. The van der Waals surface area contributed by atoms with E-state index in [1.165, 1.54) is 39.1 Å². The van der Waals surface area contributed by atoms with Crippen LogP contribution in [0, 0.1) is 20.8 Å². The molecule has 0 N–H and O–H groups in total. The van der Waals surface area contributed by atoms with Gasteiger partial charge in [-0.3, -0.25) is 0 Å². The lowest BCUT2D eigenvalue weighted by molar-refractivity contribution is 0.145. The maximum Gasteiger partial charge on any atom is 0.171 e. The number of nitrogens with zero attached hydrogens (tertiary/aromatic N) is 2. The summed E-state index contributed by atoms with van der Waals surface area (Å²) in [5.41, 5.74) is 12.2. The summed E-state index contributed by atoms with van der Waals surface area (Å²) < 4.78 is 5.41. The van der Waals surface area contributed by atoms with E-state index in [0.717, 1.165) is 17.0 Å². The summed E-state index contributed by atoms with van der Waals surface area (Å²) in [6, 6.07) is 13.2. The number of rotatable bonds is 3. The molecule has 0 radical (unpaired) electrons. The number of para-hydroxylation sites is 1. The monoisotopic (exact) mass is 464 g/mol. The molecular weight excluding hydrogens is 436 g/mol. The summed E-state index contributed by atoms with van der Waals surface area (Å²) in [6.45, 7) is 6.58. The van der Waals surface area contributed by atoms with Crippen LogP contribution < -0.4 is 4.90 Å². The van der Waals surface area contributed by atoms with Gasteiger partial charge in [-0.2, -0.15) is 0 Å². The Kier molecular flexibility index (Phi) is 5.19. The number of hydrogen-bond acceptors (Lipinski definition) is 3. The molecule has 3 nitrogen and oxygen atoms in total. The number of anilines is 1. The van der Waals surface area contributed by atoms with Crippen molar-refractivity contribution in [3.63, 3.8) is 0 Å². The normalized spacial score (nSPS) is 20.5. The lowest BCUT2D eigenvalue weighted by Gasteiger charge is -2.43. The minimum atomic E-state index is -0.725. The molecule has 0 aromatic heterocycles. The van der Waals surface area contributed by atoms with Gasteiger partial charge in [0.1, 0.15) is 0 Å². The molecule has 0 spiro atoms. The van der Waals surface area contributed by atoms with Crippen LogP contribution in [-0.4, -0.2) is 37.7 Å². The molecule has 0 amide bonds. The van der Waals surface area contributed by atoms with Crippen molar-refractivity contribution in [2.24, 2.45) is 0 Å². The van der Waals surface area contributed by atoms with Crippen LogP contribution in [0.5, 0.6) is 0 Å². The van der Waals surface area contributed by atoms with Crippen molar-refractivity contribution in [1.82, 2.24) is 4.90 Å². The van der Waals surface area contributed by atoms with Crippen LogP contribution in [0.1, 0.15) is 27.8 Å². The Morgan fingerprint density at radius 1 is 1.03 bits per heavy atom. The van der Waals surface area contributed by atoms with Crippen LogP contribution in [-0.2, 0) is 4.74 Å². The number of ether oxygens (including phenoxy) is 1. The van der Waals surface area contributed by atoms with Crippen LogP contribution >= 0.6 is 15.9 Å². The average molecular weight is 465 g/mol. The van der Waals surface area contributed by atoms with Crippen molar-refractivity contribution in [2.45, 2.75) is 25.3 Å². The van der Waals surface area contributed by atoms with Crippen LogP contribution in [0.25, 0.3) is 5.57 Å². The van der Waals surface area contributed by atoms with Crippen molar-refractivity contribution >= 4 is 27.2 Å². The van der Waals surface area contributed by atoms with Crippen LogP contribution in [0.3, 0.4) is 0 Å². The minimum absolute atomic E-state index is 0.725. The number of methoxy groups -OCH3 is 1. The second-order valence-corrected chi connectivity index (χ2v) is 9.62. The maximum atomic E-state index is 6.14. The lowest BCUT2D eigenvalue weighted by Crippen LogP contribution is -2.38. The van der Waals surface area contributed by atoms with Gasteiger partial charge in [0.25, 0.3) is 0 Å². The molecule has 1 heterocycles. The Balaban J connectivity index is 2.17. The summed E-state index contributed by atoms with van der Waals surface area (Å²) in [6.07, 6.45) is 4.41. The molecule has 2 aromatic carbocycles. The molecule has 2 aliphatic rings. The summed E-state index contributed by atoms with van der Waals surface area (Å²) in [7, 11) is 8.03. The molecule has 2 aromatic rings. The number of allylic oxidation sites excluding steroid dienone is 1. The molecule has 4 rings (SSSR count). The van der Waals surface area contributed by atoms with E-state index >= 15 is 0 Å². The first-order chi connectivity index (χ1) is 14.2. The molecule has 0 saturated heterocycles. The summed E-state index contributed by atoms with van der Waals surface area (Å²) in [5.74, 6) is 0. The fourth-order valence-electron chi connectivity index (χ4n) is 4.75. The SMILES string of the molecule is COC1(Br)C=C(N(C)C)C=C2C1=C(c1c(C)cc(C)cc1C)c1ccccc1N2C. The van der Waals surface area contributed by atoms with Gasteiger partial charge in [0.2, 0.25) is 0 Å². The van der Waals surface area contributed by atoms with Crippen LogP contribution in [0.2, 0.25) is 0 Å². The minimum Gasteiger partial charge on any atom is -0.378 e. The quantitative estimate of drug-likeness (QED) is 0.522. The topological polar surface area (TPSA) is 15.7 Å². The smallest absolute Gasteiger partial charge is 0.171 e. The molecule has 1 aliphatic heterocycles. The van der Waals surface area contributed by atoms with Gasteiger partial charge in [-0.25, -0.2) is 0 Å². The van der Waals surface area contributed by atoms with Gasteiger partial charge in [-0.15, -0.1) is 0 Å². The number of fused-ring (bicyclic) bond motifs is 2. The lowest BCUT2D eigenvalue weighted by atomic mass is 9.79. The Morgan fingerprint density at radius 2 is 1.67 bits per heavy atom. The number of halogens is 1. The second kappa shape index (κ2) is 7.44. The third kappa shape index (κ3) is 3.14. The van der Waals surface area contributed by atoms with Gasteiger partial charge >= 0.3 is 0 Å². The zero-order valence-corrected chi connectivity index (χ0v) is 20.4. The Morgan fingerprint density at radius 3 is 2.27 bits per heavy atom. The van der Waals surface area contributed by atoms with Gasteiger partial charge in [-0.1, -0.05) is 35.9 Å². The fraction of sp³-hybridized carbons (Fsp3) is 0.308. The Labute approximate surface area is 188 Å². The second-order valence-electron chi connectivity index (χ2n) is 8.44. The predicted octanol–water partition coefficient (Wildman–Crippen LogP) is 5.94. The zero-order valence-electron chi connectivity index (χ0n) is 18.8. The summed E-state index contributed by atoms with van der Waals surface area (Å²) in [4.78, 5) is 4.40. The highest BCUT2D eigenvalue weighted by Crippen LogP contribution is 2.52. The molecule has 1 aliphatic carbocycles. The average Bonchev–Trinajstić information content (AvgIpc) is 2.69. The molecule has 30 heavy (non-hydrogen) atoms. The van der Waals surface area contributed by atoms with Crippen molar-refractivity contribution < 1.29 is 4.74 Å². The van der Waals surface area contributed by atoms with Crippen molar-refractivity contribution in [2.75, 3.05) is 33.2 Å². The first kappa shape index (κ1) is 21.0. The molecule has 0 saturated carbocycles. The number of benzene rings is 2. The van der Waals surface area contributed by atoms with Gasteiger partial charge in [0.15, 0.2) is 4.51 Å². The maximum absolute atomic E-state index is 6.14. The number of alkyl halides is 1. The molecule has 156 valence electrons. The van der Waals surface area contributed by atoms with Crippen LogP contribution in [0.15, 0.2) is 65.5 Å². The van der Waals surface area contributed by atoms with Crippen molar-refractivity contribution in [1.29, 1.82) is 0 Å². The van der Waals surface area contributed by atoms with E-state index in [9.17, 15) is 0 Å². The van der Waals surface area contributed by atoms with Gasteiger partial charge < -0.3 is 14.5 Å². The molecular formula is C26H29BrN2O. The number of aryl methyl sites for hydroxylation is 3. The van der Waals surface area contributed by atoms with E-state index < -0.39 is 4.51 Å². The Hall–Kier alpha value is -2.30. The largest absolute Gasteiger partial charge is 0.378 e. The Bertz CT molecular complexity index is 1100. The highest BCUT2D eigenvalue weighted by molar-refractivity contribution is 9.10. The zero-order chi connectivity index (χ0) is 21.8. The third-order valence-corrected chi connectivity index (χ3v) is 7.05. The van der Waals surface area contributed by atoms with Crippen molar-refractivity contribution in [3.05, 3.63) is 93.3 Å². The molecule has 1 atom stereocenters. The molecule has 4 heteroatoms. The highest BCUT2D eigenvalue weighted by atomic mass is 79.9. The van der Waals surface area contributed by atoms with Gasteiger partial charge in [-0.05, 0) is 71.6 Å². The third-order valence-electron chi connectivity index (χ3n) is 6.10. The van der Waals surface area contributed by atoms with E-state index in [1.54, 1.807) is 7.11 Å². The van der Waals surface area contributed by atoms with E-state index in [0.29, 0.717) is 0 Å². The van der Waals surface area contributed by atoms with E-state index in [4.69, 9.17) is 4.74 Å². The first-order valence-corrected chi connectivity index (χ1v) is 11.0. The van der Waals surface area contributed by atoms with Gasteiger partial charge in [0, 0.05) is 56.3 Å². The number of hydrogen-bond donors (Lipinski definition) is 0. The summed E-state index contributed by atoms with van der Waals surface area (Å²) >= 11 is 3.98. The molecule has 1 unspecified atom stereocenters. The highest BCUT2D eigenvalue weighted by Gasteiger charge is 2.43. The van der Waals surface area contributed by atoms with E-state index in [2.05, 4.69) is 116 Å². The van der Waals surface area contributed by atoms with Gasteiger partial charge in [0.05, 0.1) is 5.70 Å². The first-order valence-electron chi connectivity index (χ1n) is 10.2. The fourth-order valence-corrected chi connectivity index (χ4v) is 5.39. The molecule has 0 fully saturated rings. The standard InChI is InChI=1S/C26H29BrN2O/c1-16-12-17(2)23(18(3)13-16)24-20-10-8-9-11-21(20)29(6)22-14-19(28(4)5)15-26(27,30-7)25(22)24/h8-15H,1-7H3. The predicted molar refractivity (Wildman–Crippen MR) is 130 cm³/mol. The van der Waals surface area contributed by atoms with Crippen molar-refractivity contribution in [3.8, 4) is 0 Å².